The van der Waals surface area contributed by atoms with Gasteiger partial charge in [-0.15, -0.1) is 0 Å². The van der Waals surface area contributed by atoms with Crippen molar-refractivity contribution in [3.05, 3.63) is 82.9 Å². The minimum Gasteiger partial charge on any atom is -0.324 e. The maximum Gasteiger partial charge on any atom is 0.0344 e. The molecule has 21 heavy (non-hydrogen) atoms. The van der Waals surface area contributed by atoms with Gasteiger partial charge in [0.15, 0.2) is 0 Å². The van der Waals surface area contributed by atoms with Crippen LogP contribution in [0.15, 0.2) is 60.7 Å². The zero-order chi connectivity index (χ0) is 14.8. The molecule has 0 amide bonds. The van der Waals surface area contributed by atoms with Crippen molar-refractivity contribution < 1.29 is 0 Å². The zero-order valence-corrected chi connectivity index (χ0v) is 12.6. The number of aryl methyl sites for hydroxylation is 2. The van der Waals surface area contributed by atoms with Crippen molar-refractivity contribution in [2.45, 2.75) is 26.3 Å². The first-order valence-corrected chi connectivity index (χ1v) is 7.44. The van der Waals surface area contributed by atoms with E-state index in [1.54, 1.807) is 0 Å². The van der Waals surface area contributed by atoms with Crippen LogP contribution in [0, 0.1) is 13.8 Å². The van der Waals surface area contributed by atoms with Gasteiger partial charge in [0, 0.05) is 6.04 Å². The smallest absolute Gasteiger partial charge is 0.0344 e. The van der Waals surface area contributed by atoms with Crippen LogP contribution in [0.2, 0.25) is 0 Å². The van der Waals surface area contributed by atoms with Crippen LogP contribution in [-0.4, -0.2) is 0 Å². The maximum atomic E-state index is 6.54. The van der Waals surface area contributed by atoms with Crippen LogP contribution in [0.3, 0.4) is 0 Å². The van der Waals surface area contributed by atoms with Gasteiger partial charge in [0.1, 0.15) is 0 Å². The molecular formula is C20H21N. The van der Waals surface area contributed by atoms with Crippen molar-refractivity contribution in [1.82, 2.24) is 0 Å². The quantitative estimate of drug-likeness (QED) is 0.736. The highest BCUT2D eigenvalue weighted by molar-refractivity contribution is 5.87. The van der Waals surface area contributed by atoms with Crippen molar-refractivity contribution in [2.75, 3.05) is 0 Å². The SMILES string of the molecule is Cc1cccc(CC(N)c2c(C)ccc3ccccc23)c1. The molecule has 3 rings (SSSR count). The molecule has 0 fully saturated rings. The Labute approximate surface area is 126 Å². The molecule has 0 saturated carbocycles. The summed E-state index contributed by atoms with van der Waals surface area (Å²) in [6.45, 7) is 4.27. The molecule has 1 heteroatoms. The van der Waals surface area contributed by atoms with Crippen molar-refractivity contribution in [3.63, 3.8) is 0 Å². The fourth-order valence-corrected chi connectivity index (χ4v) is 3.09. The molecule has 0 aliphatic heterocycles. The Bertz CT molecular complexity index is 774. The summed E-state index contributed by atoms with van der Waals surface area (Å²) in [5.41, 5.74) is 11.7. The first-order chi connectivity index (χ1) is 10.1. The topological polar surface area (TPSA) is 26.0 Å². The molecule has 106 valence electrons. The van der Waals surface area contributed by atoms with Crippen LogP contribution in [0.1, 0.15) is 28.3 Å². The highest BCUT2D eigenvalue weighted by Crippen LogP contribution is 2.28. The maximum absolute atomic E-state index is 6.54. The molecule has 1 nitrogen and oxygen atoms in total. The number of fused-ring (bicyclic) bond motifs is 1. The lowest BCUT2D eigenvalue weighted by Gasteiger charge is -2.18. The Balaban J connectivity index is 2.01. The van der Waals surface area contributed by atoms with E-state index in [2.05, 4.69) is 74.5 Å². The molecule has 0 radical (unpaired) electrons. The number of hydrogen-bond acceptors (Lipinski definition) is 1. The van der Waals surface area contributed by atoms with Gasteiger partial charge in [0.25, 0.3) is 0 Å². The largest absolute Gasteiger partial charge is 0.324 e. The van der Waals surface area contributed by atoms with E-state index in [0.717, 1.165) is 6.42 Å². The summed E-state index contributed by atoms with van der Waals surface area (Å²) in [6, 6.07) is 21.5. The van der Waals surface area contributed by atoms with Gasteiger partial charge >= 0.3 is 0 Å². The second-order valence-corrected chi connectivity index (χ2v) is 5.82. The molecular weight excluding hydrogens is 254 g/mol. The summed E-state index contributed by atoms with van der Waals surface area (Å²) in [7, 11) is 0. The molecule has 3 aromatic rings. The van der Waals surface area contributed by atoms with Gasteiger partial charge in [0.05, 0.1) is 0 Å². The molecule has 0 heterocycles. The molecule has 0 aliphatic carbocycles. The van der Waals surface area contributed by atoms with E-state index in [-0.39, 0.29) is 6.04 Å². The number of hydrogen-bond donors (Lipinski definition) is 1. The van der Waals surface area contributed by atoms with Gasteiger partial charge in [-0.3, -0.25) is 0 Å². The fraction of sp³-hybridized carbons (Fsp3) is 0.200. The summed E-state index contributed by atoms with van der Waals surface area (Å²) < 4.78 is 0. The summed E-state index contributed by atoms with van der Waals surface area (Å²) in [5, 5.41) is 2.54. The highest BCUT2D eigenvalue weighted by atomic mass is 14.6. The average Bonchev–Trinajstić information content (AvgIpc) is 2.47. The summed E-state index contributed by atoms with van der Waals surface area (Å²) in [4.78, 5) is 0. The van der Waals surface area contributed by atoms with E-state index in [0.29, 0.717) is 0 Å². The van der Waals surface area contributed by atoms with Crippen LogP contribution < -0.4 is 5.73 Å². The molecule has 3 aromatic carbocycles. The van der Waals surface area contributed by atoms with Crippen molar-refractivity contribution in [1.29, 1.82) is 0 Å². The summed E-state index contributed by atoms with van der Waals surface area (Å²) in [5.74, 6) is 0. The molecule has 0 aromatic heterocycles. The van der Waals surface area contributed by atoms with Crippen LogP contribution in [0.5, 0.6) is 0 Å². The molecule has 1 atom stereocenters. The first-order valence-electron chi connectivity index (χ1n) is 7.44. The van der Waals surface area contributed by atoms with E-state index < -0.39 is 0 Å². The molecule has 0 aliphatic rings. The van der Waals surface area contributed by atoms with Gasteiger partial charge in [-0.05, 0) is 47.7 Å². The predicted octanol–water partition coefficient (Wildman–Crippen LogP) is 4.70. The molecule has 1 unspecified atom stereocenters. The van der Waals surface area contributed by atoms with E-state index in [9.17, 15) is 0 Å². The molecule has 2 N–H and O–H groups in total. The van der Waals surface area contributed by atoms with Gasteiger partial charge in [-0.25, -0.2) is 0 Å². The van der Waals surface area contributed by atoms with Gasteiger partial charge < -0.3 is 5.73 Å². The third kappa shape index (κ3) is 2.84. The van der Waals surface area contributed by atoms with E-state index >= 15 is 0 Å². The summed E-state index contributed by atoms with van der Waals surface area (Å²) in [6.07, 6.45) is 0.872. The van der Waals surface area contributed by atoms with E-state index in [4.69, 9.17) is 5.73 Å². The minimum absolute atomic E-state index is 0.0258. The predicted molar refractivity (Wildman–Crippen MR) is 90.5 cm³/mol. The normalized spacial score (nSPS) is 12.5. The molecule has 0 spiro atoms. The summed E-state index contributed by atoms with van der Waals surface area (Å²) >= 11 is 0. The van der Waals surface area contributed by atoms with Crippen molar-refractivity contribution in [3.8, 4) is 0 Å². The van der Waals surface area contributed by atoms with Gasteiger partial charge in [0.2, 0.25) is 0 Å². The lowest BCUT2D eigenvalue weighted by molar-refractivity contribution is 0.722. The number of rotatable bonds is 3. The zero-order valence-electron chi connectivity index (χ0n) is 12.6. The van der Waals surface area contributed by atoms with Crippen molar-refractivity contribution >= 4 is 10.8 Å². The Kier molecular flexibility index (Phi) is 3.76. The Morgan fingerprint density at radius 1 is 0.905 bits per heavy atom. The lowest BCUT2D eigenvalue weighted by Crippen LogP contribution is -2.15. The second kappa shape index (κ2) is 5.71. The number of nitrogens with two attached hydrogens (primary N) is 1. The monoisotopic (exact) mass is 275 g/mol. The highest BCUT2D eigenvalue weighted by Gasteiger charge is 2.13. The fourth-order valence-electron chi connectivity index (χ4n) is 3.09. The third-order valence-corrected chi connectivity index (χ3v) is 4.10. The van der Waals surface area contributed by atoms with Gasteiger partial charge in [-0.1, -0.05) is 66.2 Å². The van der Waals surface area contributed by atoms with Crippen LogP contribution >= 0.6 is 0 Å². The van der Waals surface area contributed by atoms with Crippen LogP contribution in [0.4, 0.5) is 0 Å². The van der Waals surface area contributed by atoms with Crippen LogP contribution in [-0.2, 0) is 6.42 Å². The Morgan fingerprint density at radius 2 is 1.71 bits per heavy atom. The first kappa shape index (κ1) is 13.8. The molecule has 0 saturated heterocycles. The van der Waals surface area contributed by atoms with Gasteiger partial charge in [-0.2, -0.15) is 0 Å². The third-order valence-electron chi connectivity index (χ3n) is 4.10. The standard InChI is InChI=1S/C20H21N/c1-14-6-5-7-16(12-14)13-19(21)20-15(2)10-11-17-8-3-4-9-18(17)20/h3-12,19H,13,21H2,1-2H3. The average molecular weight is 275 g/mol. The Hall–Kier alpha value is -2.12. The second-order valence-electron chi connectivity index (χ2n) is 5.82. The number of benzene rings is 3. The molecule has 0 bridgehead atoms. The van der Waals surface area contributed by atoms with Crippen molar-refractivity contribution in [2.24, 2.45) is 5.73 Å². The lowest BCUT2D eigenvalue weighted by atomic mass is 9.91. The minimum atomic E-state index is 0.0258. The Morgan fingerprint density at radius 3 is 2.52 bits per heavy atom. The van der Waals surface area contributed by atoms with E-state index in [1.165, 1.54) is 33.0 Å². The van der Waals surface area contributed by atoms with E-state index in [1.807, 2.05) is 0 Å². The van der Waals surface area contributed by atoms with Crippen LogP contribution in [0.25, 0.3) is 10.8 Å².